The van der Waals surface area contributed by atoms with Gasteiger partial charge in [0.05, 0.1) is 17.9 Å². The number of aryl methyl sites for hydroxylation is 2. The van der Waals surface area contributed by atoms with Gasteiger partial charge >= 0.3 is 0 Å². The summed E-state index contributed by atoms with van der Waals surface area (Å²) in [6, 6.07) is 5.62. The van der Waals surface area contributed by atoms with Crippen LogP contribution >= 0.6 is 11.6 Å². The Morgan fingerprint density at radius 1 is 1.22 bits per heavy atom. The maximum Gasteiger partial charge on any atom is 0.268 e. The normalized spacial score (nSPS) is 12.1. The number of nitrogens with zero attached hydrogens (tertiary/aromatic N) is 5. The number of halogens is 1. The molecule has 0 aliphatic carbocycles. The van der Waals surface area contributed by atoms with E-state index in [1.54, 1.807) is 19.3 Å². The SMILES string of the molecule is Cc1nn(C)cc1S(=O)(=O)NC(=O)c1ccc(-n2ccc(OCC[Si](C)(C)C)n2)nc1Cl. The van der Waals surface area contributed by atoms with Gasteiger partial charge in [0, 0.05) is 33.6 Å². The smallest absolute Gasteiger partial charge is 0.268 e. The molecule has 0 aromatic carbocycles. The first-order valence-corrected chi connectivity index (χ1v) is 15.4. The van der Waals surface area contributed by atoms with Crippen molar-refractivity contribution in [2.24, 2.45) is 7.05 Å². The van der Waals surface area contributed by atoms with E-state index < -0.39 is 24.0 Å². The van der Waals surface area contributed by atoms with E-state index in [9.17, 15) is 13.2 Å². The van der Waals surface area contributed by atoms with Crippen LogP contribution in [0.15, 0.2) is 35.5 Å². The first kappa shape index (κ1) is 23.9. The Bertz CT molecular complexity index is 1250. The molecule has 32 heavy (non-hydrogen) atoms. The molecule has 0 bridgehead atoms. The molecular formula is C19H25ClN6O4SSi. The number of pyridine rings is 1. The highest BCUT2D eigenvalue weighted by Crippen LogP contribution is 2.19. The number of hydrogen-bond acceptors (Lipinski definition) is 7. The Morgan fingerprint density at radius 3 is 2.53 bits per heavy atom. The van der Waals surface area contributed by atoms with Gasteiger partial charge in [-0.1, -0.05) is 31.2 Å². The number of nitrogens with one attached hydrogen (secondary N) is 1. The first-order chi connectivity index (χ1) is 14.9. The second-order valence-corrected chi connectivity index (χ2v) is 16.1. The fourth-order valence-electron chi connectivity index (χ4n) is 2.77. The highest BCUT2D eigenvalue weighted by atomic mass is 35.5. The van der Waals surface area contributed by atoms with Crippen molar-refractivity contribution in [2.45, 2.75) is 37.5 Å². The van der Waals surface area contributed by atoms with E-state index >= 15 is 0 Å². The van der Waals surface area contributed by atoms with Gasteiger partial charge in [-0.15, -0.1) is 5.10 Å². The number of hydrogen-bond donors (Lipinski definition) is 1. The highest BCUT2D eigenvalue weighted by Gasteiger charge is 2.24. The van der Waals surface area contributed by atoms with Gasteiger partial charge in [-0.3, -0.25) is 9.48 Å². The van der Waals surface area contributed by atoms with Crippen molar-refractivity contribution in [2.75, 3.05) is 6.61 Å². The van der Waals surface area contributed by atoms with Crippen molar-refractivity contribution in [3.63, 3.8) is 0 Å². The van der Waals surface area contributed by atoms with Crippen molar-refractivity contribution in [3.8, 4) is 11.7 Å². The van der Waals surface area contributed by atoms with Crippen molar-refractivity contribution >= 4 is 35.6 Å². The predicted molar refractivity (Wildman–Crippen MR) is 123 cm³/mol. The molecule has 3 heterocycles. The Morgan fingerprint density at radius 2 is 1.94 bits per heavy atom. The topological polar surface area (TPSA) is 121 Å². The summed E-state index contributed by atoms with van der Waals surface area (Å²) in [5.41, 5.74) is 0.188. The van der Waals surface area contributed by atoms with Crippen molar-refractivity contribution in [1.82, 2.24) is 29.3 Å². The van der Waals surface area contributed by atoms with Gasteiger partial charge in [-0.25, -0.2) is 22.8 Å². The average Bonchev–Trinajstić information content (AvgIpc) is 3.26. The van der Waals surface area contributed by atoms with Crippen LogP contribution in [0.1, 0.15) is 16.1 Å². The number of sulfonamides is 1. The molecule has 1 N–H and O–H groups in total. The predicted octanol–water partition coefficient (Wildman–Crippen LogP) is 2.80. The lowest BCUT2D eigenvalue weighted by molar-refractivity contribution is 0.0981. The average molecular weight is 497 g/mol. The van der Waals surface area contributed by atoms with Crippen LogP contribution in [-0.2, 0) is 17.1 Å². The van der Waals surface area contributed by atoms with Gasteiger partial charge < -0.3 is 4.74 Å². The van der Waals surface area contributed by atoms with E-state index in [2.05, 4.69) is 34.8 Å². The van der Waals surface area contributed by atoms with Crippen LogP contribution in [0.25, 0.3) is 5.82 Å². The fraction of sp³-hybridized carbons (Fsp3) is 0.368. The fourth-order valence-corrected chi connectivity index (χ4v) is 4.90. The summed E-state index contributed by atoms with van der Waals surface area (Å²) < 4.78 is 35.6. The lowest BCUT2D eigenvalue weighted by Gasteiger charge is -2.14. The van der Waals surface area contributed by atoms with Crippen molar-refractivity contribution in [1.29, 1.82) is 0 Å². The molecule has 0 unspecified atom stereocenters. The first-order valence-electron chi connectivity index (χ1n) is 9.78. The maximum absolute atomic E-state index is 12.5. The van der Waals surface area contributed by atoms with Crippen LogP contribution in [0.2, 0.25) is 30.8 Å². The lowest BCUT2D eigenvalue weighted by atomic mass is 10.3. The molecule has 10 nitrogen and oxygen atoms in total. The summed E-state index contributed by atoms with van der Waals surface area (Å²) in [7, 11) is -3.73. The zero-order valence-electron chi connectivity index (χ0n) is 18.5. The third kappa shape index (κ3) is 5.75. The Hall–Kier alpha value is -2.70. The van der Waals surface area contributed by atoms with Gasteiger partial charge in [0.2, 0.25) is 5.88 Å². The molecule has 172 valence electrons. The molecule has 0 fully saturated rings. The summed E-state index contributed by atoms with van der Waals surface area (Å²) in [6.45, 7) is 8.92. The summed E-state index contributed by atoms with van der Waals surface area (Å²) in [6.07, 6.45) is 2.98. The molecule has 0 spiro atoms. The van der Waals surface area contributed by atoms with E-state index in [1.165, 1.54) is 34.6 Å². The number of ether oxygens (including phenoxy) is 1. The van der Waals surface area contributed by atoms with Gasteiger partial charge in [0.1, 0.15) is 10.0 Å². The van der Waals surface area contributed by atoms with Crippen molar-refractivity contribution in [3.05, 3.63) is 47.0 Å². The molecule has 3 aromatic rings. The zero-order chi connectivity index (χ0) is 23.7. The van der Waals surface area contributed by atoms with E-state index in [4.69, 9.17) is 16.3 Å². The van der Waals surface area contributed by atoms with Gasteiger partial charge in [-0.05, 0) is 25.1 Å². The molecule has 0 saturated heterocycles. The zero-order valence-corrected chi connectivity index (χ0v) is 21.0. The number of aromatic nitrogens is 5. The number of carbonyl (C=O) groups is 1. The Kier molecular flexibility index (Phi) is 6.77. The second-order valence-electron chi connectivity index (χ2n) is 8.45. The molecule has 0 radical (unpaired) electrons. The molecule has 0 aliphatic heterocycles. The summed E-state index contributed by atoms with van der Waals surface area (Å²) in [5.74, 6) is -0.0772. The third-order valence-electron chi connectivity index (χ3n) is 4.46. The van der Waals surface area contributed by atoms with Gasteiger partial charge in [0.15, 0.2) is 5.82 Å². The van der Waals surface area contributed by atoms with Crippen LogP contribution in [0.3, 0.4) is 0 Å². The molecule has 3 rings (SSSR count). The van der Waals surface area contributed by atoms with E-state index in [0.29, 0.717) is 18.3 Å². The van der Waals surface area contributed by atoms with Crippen LogP contribution in [0.4, 0.5) is 0 Å². The minimum Gasteiger partial charge on any atom is -0.477 e. The van der Waals surface area contributed by atoms with Crippen LogP contribution in [0, 0.1) is 6.92 Å². The maximum atomic E-state index is 12.5. The number of rotatable bonds is 8. The third-order valence-corrected chi connectivity index (χ3v) is 7.89. The lowest BCUT2D eigenvalue weighted by Crippen LogP contribution is -2.31. The second kappa shape index (κ2) is 9.04. The molecule has 0 atom stereocenters. The van der Waals surface area contributed by atoms with Crippen LogP contribution in [-0.4, -0.2) is 53.6 Å². The standard InChI is InChI=1S/C19H25ClN6O4SSi/c1-13-15(12-25(2)22-13)31(28,29)24-19(27)14-6-7-16(21-18(14)20)26-9-8-17(23-26)30-10-11-32(3,4)5/h6-9,12H,10-11H2,1-5H3,(H,24,27). The van der Waals surface area contributed by atoms with Crippen LogP contribution in [0.5, 0.6) is 5.88 Å². The summed E-state index contributed by atoms with van der Waals surface area (Å²) in [4.78, 5) is 16.6. The van der Waals surface area contributed by atoms with Crippen molar-refractivity contribution < 1.29 is 17.9 Å². The minimum atomic E-state index is -4.11. The van der Waals surface area contributed by atoms with E-state index in [1.807, 2.05) is 4.72 Å². The summed E-state index contributed by atoms with van der Waals surface area (Å²) in [5, 5.41) is 8.13. The van der Waals surface area contributed by atoms with Gasteiger partial charge in [0.25, 0.3) is 15.9 Å². The molecule has 0 aliphatic rings. The summed E-state index contributed by atoms with van der Waals surface area (Å²) >= 11 is 6.17. The Balaban J connectivity index is 1.73. The van der Waals surface area contributed by atoms with Crippen LogP contribution < -0.4 is 9.46 Å². The molecule has 0 saturated carbocycles. The number of carbonyl (C=O) groups excluding carboxylic acids is 1. The molecular weight excluding hydrogens is 472 g/mol. The van der Waals surface area contributed by atoms with E-state index in [0.717, 1.165) is 6.04 Å². The molecule has 1 amide bonds. The monoisotopic (exact) mass is 496 g/mol. The van der Waals surface area contributed by atoms with Gasteiger partial charge in [-0.2, -0.15) is 5.10 Å². The number of amides is 1. The highest BCUT2D eigenvalue weighted by molar-refractivity contribution is 7.90. The Labute approximate surface area is 192 Å². The molecule has 3 aromatic heterocycles. The molecule has 13 heteroatoms. The van der Waals surface area contributed by atoms with E-state index in [-0.39, 0.29) is 21.3 Å². The largest absolute Gasteiger partial charge is 0.477 e. The minimum absolute atomic E-state index is 0.0840. The quantitative estimate of drug-likeness (QED) is 0.376.